The zero-order chi connectivity index (χ0) is 22.4. The first-order chi connectivity index (χ1) is 14.9. The lowest BCUT2D eigenvalue weighted by molar-refractivity contribution is -0.121. The van der Waals surface area contributed by atoms with Crippen molar-refractivity contribution in [2.24, 2.45) is 0 Å². The number of nitrogens with one attached hydrogen (secondary N) is 1. The number of aromatic nitrogens is 2. The molecule has 0 bridgehead atoms. The number of halogens is 2. The van der Waals surface area contributed by atoms with Crippen LogP contribution in [0.2, 0.25) is 5.02 Å². The van der Waals surface area contributed by atoms with Crippen LogP contribution in [-0.2, 0) is 24.2 Å². The summed E-state index contributed by atoms with van der Waals surface area (Å²) >= 11 is 5.88. The van der Waals surface area contributed by atoms with Crippen LogP contribution in [0.1, 0.15) is 16.8 Å². The Morgan fingerprint density at radius 1 is 1.19 bits per heavy atom. The van der Waals surface area contributed by atoms with Crippen molar-refractivity contribution in [3.63, 3.8) is 0 Å². The number of hydrogen-bond acceptors (Lipinski definition) is 4. The molecule has 0 aliphatic carbocycles. The molecule has 0 saturated carbocycles. The maximum Gasteiger partial charge on any atom is 0.257 e. The van der Waals surface area contributed by atoms with Crippen molar-refractivity contribution in [3.8, 4) is 11.4 Å². The van der Waals surface area contributed by atoms with Gasteiger partial charge in [0.25, 0.3) is 5.56 Å². The largest absolute Gasteiger partial charge is 0.396 e. The third kappa shape index (κ3) is 5.77. The second-order valence-electron chi connectivity index (χ2n) is 7.10. The van der Waals surface area contributed by atoms with Gasteiger partial charge in [0.1, 0.15) is 18.2 Å². The van der Waals surface area contributed by atoms with Crippen LogP contribution < -0.4 is 10.9 Å². The lowest BCUT2D eigenvalue weighted by atomic mass is 10.1. The third-order valence-electron chi connectivity index (χ3n) is 4.86. The van der Waals surface area contributed by atoms with Gasteiger partial charge in [0.2, 0.25) is 5.91 Å². The van der Waals surface area contributed by atoms with Crippen LogP contribution >= 0.6 is 11.6 Å². The maximum absolute atomic E-state index is 13.8. The highest BCUT2D eigenvalue weighted by molar-refractivity contribution is 6.30. The molecule has 1 amide bonds. The van der Waals surface area contributed by atoms with E-state index in [1.165, 1.54) is 22.8 Å². The topological polar surface area (TPSA) is 84.2 Å². The minimum absolute atomic E-state index is 0.124. The fourth-order valence-corrected chi connectivity index (χ4v) is 3.42. The average Bonchev–Trinajstić information content (AvgIpc) is 2.74. The molecule has 3 aromatic rings. The lowest BCUT2D eigenvalue weighted by Gasteiger charge is -2.16. The summed E-state index contributed by atoms with van der Waals surface area (Å²) in [6.07, 6.45) is 0.732. The Kier molecular flexibility index (Phi) is 7.55. The fourth-order valence-electron chi connectivity index (χ4n) is 3.29. The molecule has 0 spiro atoms. The normalized spacial score (nSPS) is 10.8. The van der Waals surface area contributed by atoms with Gasteiger partial charge < -0.3 is 10.4 Å². The molecule has 2 N–H and O–H groups in total. The van der Waals surface area contributed by atoms with Crippen molar-refractivity contribution < 1.29 is 14.3 Å². The number of carbonyl (C=O) groups is 1. The van der Waals surface area contributed by atoms with Crippen LogP contribution in [0.25, 0.3) is 11.4 Å². The summed E-state index contributed by atoms with van der Waals surface area (Å²) < 4.78 is 15.0. The molecule has 2 aromatic carbocycles. The Morgan fingerprint density at radius 3 is 2.61 bits per heavy atom. The summed E-state index contributed by atoms with van der Waals surface area (Å²) in [5, 5.41) is 12.7. The van der Waals surface area contributed by atoms with Crippen molar-refractivity contribution in [2.45, 2.75) is 26.3 Å². The second-order valence-corrected chi connectivity index (χ2v) is 7.54. The van der Waals surface area contributed by atoms with E-state index in [0.717, 1.165) is 5.56 Å². The summed E-state index contributed by atoms with van der Waals surface area (Å²) in [5.74, 6) is -0.631. The van der Waals surface area contributed by atoms with Gasteiger partial charge in [-0.2, -0.15) is 0 Å². The molecule has 8 heteroatoms. The van der Waals surface area contributed by atoms with Crippen molar-refractivity contribution in [2.75, 3.05) is 13.2 Å². The first-order valence-corrected chi connectivity index (χ1v) is 10.2. The molecule has 0 fully saturated rings. The summed E-state index contributed by atoms with van der Waals surface area (Å²) in [6.45, 7) is 1.56. The zero-order valence-corrected chi connectivity index (χ0v) is 17.8. The highest BCUT2D eigenvalue weighted by atomic mass is 35.5. The number of aliphatic hydroxyl groups excluding tert-OH is 1. The van der Waals surface area contributed by atoms with Gasteiger partial charge in [-0.3, -0.25) is 14.2 Å². The predicted octanol–water partition coefficient (Wildman–Crippen LogP) is 2.90. The maximum atomic E-state index is 13.8. The van der Waals surface area contributed by atoms with Crippen LogP contribution in [0.3, 0.4) is 0 Å². The van der Waals surface area contributed by atoms with Crippen molar-refractivity contribution in [3.05, 3.63) is 86.5 Å². The molecular formula is C23H23ClFN3O3. The molecule has 0 radical (unpaired) electrons. The van der Waals surface area contributed by atoms with Crippen LogP contribution in [0.15, 0.2) is 53.3 Å². The Labute approximate surface area is 184 Å². The molecule has 0 saturated heterocycles. The number of nitrogens with zero attached hydrogens (tertiary/aromatic N) is 2. The van der Waals surface area contributed by atoms with E-state index in [4.69, 9.17) is 11.6 Å². The van der Waals surface area contributed by atoms with E-state index >= 15 is 0 Å². The van der Waals surface area contributed by atoms with Crippen LogP contribution in [-0.4, -0.2) is 33.7 Å². The van der Waals surface area contributed by atoms with Crippen molar-refractivity contribution in [1.82, 2.24) is 14.9 Å². The second kappa shape index (κ2) is 10.3. The SMILES string of the molecule is Cc1nc(-c2cccc(F)c2)n(CC(=O)NCCc2ccc(Cl)cc2)c(=O)c1CCO. The first kappa shape index (κ1) is 22.7. The van der Waals surface area contributed by atoms with Crippen LogP contribution in [0.5, 0.6) is 0 Å². The summed E-state index contributed by atoms with van der Waals surface area (Å²) in [5.41, 5.74) is 1.76. The van der Waals surface area contributed by atoms with Gasteiger partial charge in [-0.25, -0.2) is 9.37 Å². The summed E-state index contributed by atoms with van der Waals surface area (Å²) in [6, 6.07) is 13.0. The van der Waals surface area contributed by atoms with Gasteiger partial charge in [0.05, 0.1) is 0 Å². The molecule has 1 aromatic heterocycles. The number of benzene rings is 2. The highest BCUT2D eigenvalue weighted by Gasteiger charge is 2.18. The molecule has 0 aliphatic rings. The predicted molar refractivity (Wildman–Crippen MR) is 118 cm³/mol. The Balaban J connectivity index is 1.83. The van der Waals surface area contributed by atoms with Crippen molar-refractivity contribution >= 4 is 17.5 Å². The molecule has 0 aliphatic heterocycles. The Bertz CT molecular complexity index is 1130. The third-order valence-corrected chi connectivity index (χ3v) is 5.12. The van der Waals surface area contributed by atoms with Crippen LogP contribution in [0.4, 0.5) is 4.39 Å². The molecule has 0 unspecified atom stereocenters. The Morgan fingerprint density at radius 2 is 1.94 bits per heavy atom. The van der Waals surface area contributed by atoms with E-state index in [0.29, 0.717) is 34.8 Å². The molecule has 162 valence electrons. The van der Waals surface area contributed by atoms with E-state index in [-0.39, 0.29) is 31.3 Å². The van der Waals surface area contributed by atoms with E-state index in [1.54, 1.807) is 25.1 Å². The minimum atomic E-state index is -0.470. The summed E-state index contributed by atoms with van der Waals surface area (Å²) in [7, 11) is 0. The van der Waals surface area contributed by atoms with Gasteiger partial charge in [0.15, 0.2) is 0 Å². The number of amides is 1. The van der Waals surface area contributed by atoms with Gasteiger partial charge in [-0.15, -0.1) is 0 Å². The van der Waals surface area contributed by atoms with Gasteiger partial charge in [0, 0.05) is 41.4 Å². The smallest absolute Gasteiger partial charge is 0.257 e. The number of carbonyl (C=O) groups excluding carboxylic acids is 1. The standard InChI is InChI=1S/C23H23ClFN3O3/c1-15-20(10-12-29)23(31)28(22(27-15)17-3-2-4-19(25)13-17)14-21(30)26-11-9-16-5-7-18(24)8-6-16/h2-8,13,29H,9-12,14H2,1H3,(H,26,30). The molecule has 0 atom stereocenters. The van der Waals surface area contributed by atoms with Gasteiger partial charge in [-0.05, 0) is 43.2 Å². The quantitative estimate of drug-likeness (QED) is 0.560. The molecule has 6 nitrogen and oxygen atoms in total. The number of rotatable bonds is 8. The minimum Gasteiger partial charge on any atom is -0.396 e. The monoisotopic (exact) mass is 443 g/mol. The molecule has 1 heterocycles. The fraction of sp³-hybridized carbons (Fsp3) is 0.261. The lowest BCUT2D eigenvalue weighted by Crippen LogP contribution is -2.36. The van der Waals surface area contributed by atoms with Gasteiger partial charge >= 0.3 is 0 Å². The number of aryl methyl sites for hydroxylation is 1. The van der Waals surface area contributed by atoms with E-state index in [9.17, 15) is 19.1 Å². The molecule has 31 heavy (non-hydrogen) atoms. The average molecular weight is 444 g/mol. The van der Waals surface area contributed by atoms with Gasteiger partial charge in [-0.1, -0.05) is 35.9 Å². The number of hydrogen-bond donors (Lipinski definition) is 2. The molecule has 3 rings (SSSR count). The highest BCUT2D eigenvalue weighted by Crippen LogP contribution is 2.19. The molecular weight excluding hydrogens is 421 g/mol. The number of aliphatic hydroxyl groups is 1. The zero-order valence-electron chi connectivity index (χ0n) is 17.1. The van der Waals surface area contributed by atoms with E-state index in [2.05, 4.69) is 10.3 Å². The van der Waals surface area contributed by atoms with Crippen molar-refractivity contribution in [1.29, 1.82) is 0 Å². The first-order valence-electron chi connectivity index (χ1n) is 9.87. The van der Waals surface area contributed by atoms with E-state index < -0.39 is 11.4 Å². The summed E-state index contributed by atoms with van der Waals surface area (Å²) in [4.78, 5) is 30.1. The van der Waals surface area contributed by atoms with Crippen LogP contribution in [0, 0.1) is 12.7 Å². The van der Waals surface area contributed by atoms with E-state index in [1.807, 2.05) is 12.1 Å². The Hall–Kier alpha value is -3.03.